The first kappa shape index (κ1) is 21.9. The number of carbonyl (C=O) groups excluding carboxylic acids is 2. The number of hydrogen-bond donors (Lipinski definition) is 2. The van der Waals surface area contributed by atoms with Gasteiger partial charge < -0.3 is 25.0 Å². The van der Waals surface area contributed by atoms with Crippen molar-refractivity contribution in [1.29, 1.82) is 0 Å². The second-order valence-corrected chi connectivity index (χ2v) is 8.64. The molecular weight excluding hydrogens is 396 g/mol. The number of urea groups is 1. The van der Waals surface area contributed by atoms with E-state index in [0.29, 0.717) is 17.5 Å². The molecule has 3 fully saturated rings. The number of carbonyl (C=O) groups is 2. The van der Waals surface area contributed by atoms with E-state index in [1.807, 2.05) is 4.90 Å². The number of hydrogen-bond acceptors (Lipinski definition) is 6. The second kappa shape index (κ2) is 10.8. The van der Waals surface area contributed by atoms with Crippen LogP contribution in [0.4, 0.5) is 10.5 Å². The Balaban J connectivity index is 1.17. The summed E-state index contributed by atoms with van der Waals surface area (Å²) in [5.41, 5.74) is 0.715. The number of ether oxygens (including phenoxy) is 2. The molecule has 0 aromatic heterocycles. The number of amides is 2. The van der Waals surface area contributed by atoms with E-state index in [1.54, 1.807) is 24.3 Å². The Morgan fingerprint density at radius 1 is 0.968 bits per heavy atom. The molecule has 1 aromatic rings. The molecule has 0 spiro atoms. The topological polar surface area (TPSA) is 83.1 Å². The molecule has 2 aliphatic heterocycles. The van der Waals surface area contributed by atoms with E-state index in [1.165, 1.54) is 12.8 Å². The zero-order chi connectivity index (χ0) is 21.5. The summed E-state index contributed by atoms with van der Waals surface area (Å²) in [6.45, 7) is 5.45. The Bertz CT molecular complexity index is 722. The van der Waals surface area contributed by atoms with Gasteiger partial charge in [0.1, 0.15) is 11.9 Å². The van der Waals surface area contributed by atoms with Crippen LogP contribution in [0.5, 0.6) is 5.75 Å². The maximum absolute atomic E-state index is 12.6. The van der Waals surface area contributed by atoms with E-state index in [2.05, 4.69) is 15.5 Å². The average Bonchev–Trinajstić information content (AvgIpc) is 3.32. The summed E-state index contributed by atoms with van der Waals surface area (Å²) < 4.78 is 10.9. The van der Waals surface area contributed by atoms with Crippen LogP contribution in [0.15, 0.2) is 24.3 Å². The largest absolute Gasteiger partial charge is 0.482 e. The highest BCUT2D eigenvalue weighted by atomic mass is 16.6. The maximum Gasteiger partial charge on any atom is 0.344 e. The standard InChI is InChI=1S/C23H34N4O4/c28-22(31-21-3-1-2-4-21)17-30-20-7-5-18(6-8-20)25-23(29)27-15-13-26(14-16-27)19-9-11-24-12-10-19/h5-8,19,21,24H,1-4,9-17H2,(H,25,29). The van der Waals surface area contributed by atoms with Crippen LogP contribution in [-0.2, 0) is 9.53 Å². The lowest BCUT2D eigenvalue weighted by Gasteiger charge is -2.40. The third-order valence-corrected chi connectivity index (χ3v) is 6.49. The molecule has 4 rings (SSSR count). The van der Waals surface area contributed by atoms with Crippen molar-refractivity contribution in [2.75, 3.05) is 51.2 Å². The summed E-state index contributed by atoms with van der Waals surface area (Å²) in [6.07, 6.45) is 6.59. The Labute approximate surface area is 184 Å². The predicted molar refractivity (Wildman–Crippen MR) is 118 cm³/mol. The third-order valence-electron chi connectivity index (χ3n) is 6.49. The second-order valence-electron chi connectivity index (χ2n) is 8.64. The first-order valence-corrected chi connectivity index (χ1v) is 11.6. The number of piperazine rings is 1. The molecular formula is C23H34N4O4. The van der Waals surface area contributed by atoms with Crippen molar-refractivity contribution in [2.45, 2.75) is 50.7 Å². The summed E-state index contributed by atoms with van der Waals surface area (Å²) in [6, 6.07) is 7.68. The molecule has 2 amide bonds. The van der Waals surface area contributed by atoms with Gasteiger partial charge in [-0.15, -0.1) is 0 Å². The van der Waals surface area contributed by atoms with E-state index in [4.69, 9.17) is 9.47 Å². The number of nitrogens with zero attached hydrogens (tertiary/aromatic N) is 2. The minimum Gasteiger partial charge on any atom is -0.482 e. The van der Waals surface area contributed by atoms with Gasteiger partial charge in [-0.3, -0.25) is 4.90 Å². The fourth-order valence-electron chi connectivity index (χ4n) is 4.67. The molecule has 0 radical (unpaired) electrons. The lowest BCUT2D eigenvalue weighted by atomic mass is 10.0. The highest BCUT2D eigenvalue weighted by molar-refractivity contribution is 5.89. The summed E-state index contributed by atoms with van der Waals surface area (Å²) in [5.74, 6) is 0.255. The monoisotopic (exact) mass is 430 g/mol. The van der Waals surface area contributed by atoms with Crippen LogP contribution in [0.2, 0.25) is 0 Å². The van der Waals surface area contributed by atoms with E-state index in [-0.39, 0.29) is 24.7 Å². The Morgan fingerprint density at radius 2 is 1.65 bits per heavy atom. The molecule has 2 N–H and O–H groups in total. The molecule has 2 heterocycles. The average molecular weight is 431 g/mol. The van der Waals surface area contributed by atoms with E-state index in [0.717, 1.165) is 65.0 Å². The van der Waals surface area contributed by atoms with Gasteiger partial charge in [0, 0.05) is 37.9 Å². The smallest absolute Gasteiger partial charge is 0.344 e. The van der Waals surface area contributed by atoms with Gasteiger partial charge in [-0.05, 0) is 75.9 Å². The zero-order valence-electron chi connectivity index (χ0n) is 18.2. The molecule has 2 saturated heterocycles. The Morgan fingerprint density at radius 3 is 2.32 bits per heavy atom. The van der Waals surface area contributed by atoms with Crippen molar-refractivity contribution >= 4 is 17.7 Å². The van der Waals surface area contributed by atoms with Crippen molar-refractivity contribution in [1.82, 2.24) is 15.1 Å². The number of nitrogens with one attached hydrogen (secondary N) is 2. The van der Waals surface area contributed by atoms with Gasteiger partial charge in [0.15, 0.2) is 6.61 Å². The predicted octanol–water partition coefficient (Wildman–Crippen LogP) is 2.45. The highest BCUT2D eigenvalue weighted by Crippen LogP contribution is 2.21. The molecule has 170 valence electrons. The zero-order valence-corrected chi connectivity index (χ0v) is 18.2. The molecule has 1 saturated carbocycles. The molecule has 8 nitrogen and oxygen atoms in total. The number of anilines is 1. The van der Waals surface area contributed by atoms with Crippen LogP contribution >= 0.6 is 0 Å². The lowest BCUT2D eigenvalue weighted by Crippen LogP contribution is -2.54. The molecule has 1 aliphatic carbocycles. The van der Waals surface area contributed by atoms with Crippen LogP contribution in [0.25, 0.3) is 0 Å². The molecule has 0 atom stereocenters. The minimum atomic E-state index is -0.326. The lowest BCUT2D eigenvalue weighted by molar-refractivity contribution is -0.151. The van der Waals surface area contributed by atoms with Gasteiger partial charge in [0.05, 0.1) is 0 Å². The molecule has 0 unspecified atom stereocenters. The van der Waals surface area contributed by atoms with Gasteiger partial charge >= 0.3 is 12.0 Å². The van der Waals surface area contributed by atoms with Crippen molar-refractivity contribution in [2.24, 2.45) is 0 Å². The first-order chi connectivity index (χ1) is 15.2. The van der Waals surface area contributed by atoms with Gasteiger partial charge in [0.25, 0.3) is 0 Å². The van der Waals surface area contributed by atoms with Crippen LogP contribution in [0, 0.1) is 0 Å². The number of piperidine rings is 1. The highest BCUT2D eigenvalue weighted by Gasteiger charge is 2.27. The third kappa shape index (κ3) is 6.33. The van der Waals surface area contributed by atoms with Crippen LogP contribution in [-0.4, -0.2) is 79.8 Å². The number of rotatable bonds is 6. The van der Waals surface area contributed by atoms with E-state index in [9.17, 15) is 9.59 Å². The van der Waals surface area contributed by atoms with Crippen LogP contribution in [0.3, 0.4) is 0 Å². The number of esters is 1. The van der Waals surface area contributed by atoms with Crippen molar-refractivity contribution in [3.8, 4) is 5.75 Å². The quantitative estimate of drug-likeness (QED) is 0.675. The van der Waals surface area contributed by atoms with Crippen molar-refractivity contribution in [3.05, 3.63) is 24.3 Å². The van der Waals surface area contributed by atoms with Gasteiger partial charge in [-0.1, -0.05) is 0 Å². The first-order valence-electron chi connectivity index (χ1n) is 11.6. The molecule has 31 heavy (non-hydrogen) atoms. The van der Waals surface area contributed by atoms with Crippen molar-refractivity contribution < 1.29 is 19.1 Å². The van der Waals surface area contributed by atoms with Crippen molar-refractivity contribution in [3.63, 3.8) is 0 Å². The Hall–Kier alpha value is -2.32. The maximum atomic E-state index is 12.6. The number of benzene rings is 1. The molecule has 0 bridgehead atoms. The van der Waals surface area contributed by atoms with Gasteiger partial charge in [-0.2, -0.15) is 0 Å². The molecule has 1 aromatic carbocycles. The Kier molecular flexibility index (Phi) is 7.64. The van der Waals surface area contributed by atoms with Crippen LogP contribution in [0.1, 0.15) is 38.5 Å². The minimum absolute atomic E-state index is 0.0511. The SMILES string of the molecule is O=C(COc1ccc(NC(=O)N2CCN(C3CCNCC3)CC2)cc1)OC1CCCC1. The summed E-state index contributed by atoms with van der Waals surface area (Å²) >= 11 is 0. The summed E-state index contributed by atoms with van der Waals surface area (Å²) in [7, 11) is 0. The van der Waals surface area contributed by atoms with E-state index >= 15 is 0 Å². The fourth-order valence-corrected chi connectivity index (χ4v) is 4.67. The van der Waals surface area contributed by atoms with Gasteiger partial charge in [-0.25, -0.2) is 9.59 Å². The summed E-state index contributed by atoms with van der Waals surface area (Å²) in [4.78, 5) is 28.9. The van der Waals surface area contributed by atoms with Crippen LogP contribution < -0.4 is 15.4 Å². The summed E-state index contributed by atoms with van der Waals surface area (Å²) in [5, 5.41) is 6.36. The van der Waals surface area contributed by atoms with Gasteiger partial charge in [0.2, 0.25) is 0 Å². The van der Waals surface area contributed by atoms with E-state index < -0.39 is 0 Å². The molecule has 8 heteroatoms. The fraction of sp³-hybridized carbons (Fsp3) is 0.652. The molecule has 3 aliphatic rings. The normalized spacial score (nSPS) is 21.1.